The van der Waals surface area contributed by atoms with E-state index in [0.29, 0.717) is 12.0 Å². The summed E-state index contributed by atoms with van der Waals surface area (Å²) < 4.78 is 0. The van der Waals surface area contributed by atoms with Crippen molar-refractivity contribution in [2.75, 3.05) is 20.6 Å². The van der Waals surface area contributed by atoms with Gasteiger partial charge < -0.3 is 15.5 Å². The van der Waals surface area contributed by atoms with Crippen molar-refractivity contribution in [2.24, 2.45) is 10.9 Å². The van der Waals surface area contributed by atoms with Crippen molar-refractivity contribution in [3.63, 3.8) is 0 Å². The van der Waals surface area contributed by atoms with Crippen LogP contribution in [-0.2, 0) is 11.3 Å². The molecule has 5 nitrogen and oxygen atoms in total. The minimum atomic E-state index is 0.00562. The van der Waals surface area contributed by atoms with E-state index in [4.69, 9.17) is 0 Å². The summed E-state index contributed by atoms with van der Waals surface area (Å²) in [6.45, 7) is 3.12. The molecule has 1 aromatic rings. The topological polar surface area (TPSA) is 56.7 Å². The molecule has 0 spiro atoms. The van der Waals surface area contributed by atoms with Crippen LogP contribution in [0.4, 0.5) is 0 Å². The van der Waals surface area contributed by atoms with Gasteiger partial charge in [0.2, 0.25) is 5.91 Å². The minimum absolute atomic E-state index is 0.00562. The van der Waals surface area contributed by atoms with Crippen molar-refractivity contribution >= 4 is 23.2 Å². The molecule has 1 saturated carbocycles. The van der Waals surface area contributed by atoms with E-state index < -0.39 is 0 Å². The fourth-order valence-electron chi connectivity index (χ4n) is 1.72. The maximum Gasteiger partial charge on any atom is 0.243 e. The van der Waals surface area contributed by atoms with Crippen LogP contribution in [0.1, 0.15) is 18.2 Å². The van der Waals surface area contributed by atoms with Gasteiger partial charge in [0.05, 0.1) is 6.54 Å². The standard InChI is InChI=1S/C14H22N4OS/c1-10-7-12(10)17-14(16-9-13(19)18(2)3)15-8-11-5-4-6-20-11/h4-6,10,12H,7-9H2,1-3H3,(H2,15,16,17). The van der Waals surface area contributed by atoms with Crippen LogP contribution < -0.4 is 10.6 Å². The van der Waals surface area contributed by atoms with E-state index in [2.05, 4.69) is 34.0 Å². The molecule has 110 valence electrons. The fraction of sp³-hybridized carbons (Fsp3) is 0.571. The number of thiophene rings is 1. The SMILES string of the molecule is CC1CC1NC(=NCC(=O)N(C)C)NCc1cccs1. The van der Waals surface area contributed by atoms with E-state index in [9.17, 15) is 4.79 Å². The molecule has 1 amide bonds. The molecule has 0 aliphatic heterocycles. The quantitative estimate of drug-likeness (QED) is 0.635. The Morgan fingerprint density at radius 1 is 1.55 bits per heavy atom. The van der Waals surface area contributed by atoms with Gasteiger partial charge in [-0.3, -0.25) is 4.79 Å². The summed E-state index contributed by atoms with van der Waals surface area (Å²) in [6, 6.07) is 4.60. The first-order valence-corrected chi connectivity index (χ1v) is 7.71. The summed E-state index contributed by atoms with van der Waals surface area (Å²) in [6.07, 6.45) is 1.17. The zero-order chi connectivity index (χ0) is 14.5. The average molecular weight is 294 g/mol. The minimum Gasteiger partial charge on any atom is -0.353 e. The molecule has 1 aromatic heterocycles. The molecule has 6 heteroatoms. The maximum absolute atomic E-state index is 11.6. The molecule has 2 unspecified atom stereocenters. The molecule has 1 aliphatic carbocycles. The molecule has 1 heterocycles. The number of likely N-dealkylation sites (N-methyl/N-ethyl adjacent to an activating group) is 1. The van der Waals surface area contributed by atoms with E-state index in [1.165, 1.54) is 11.3 Å². The summed E-state index contributed by atoms with van der Waals surface area (Å²) in [5.41, 5.74) is 0. The van der Waals surface area contributed by atoms with Gasteiger partial charge >= 0.3 is 0 Å². The van der Waals surface area contributed by atoms with Crippen molar-refractivity contribution < 1.29 is 4.79 Å². The first-order chi connectivity index (χ1) is 9.56. The molecule has 2 rings (SSSR count). The zero-order valence-electron chi connectivity index (χ0n) is 12.2. The second-order valence-electron chi connectivity index (χ2n) is 5.35. The average Bonchev–Trinajstić information content (AvgIpc) is 2.91. The van der Waals surface area contributed by atoms with Gasteiger partial charge in [0, 0.05) is 25.0 Å². The predicted octanol–water partition coefficient (Wildman–Crippen LogP) is 1.28. The van der Waals surface area contributed by atoms with Gasteiger partial charge in [0.1, 0.15) is 6.54 Å². The molecule has 0 aromatic carbocycles. The molecule has 2 N–H and O–H groups in total. The Kier molecular flexibility index (Phi) is 5.00. The van der Waals surface area contributed by atoms with E-state index in [1.807, 2.05) is 6.07 Å². The lowest BCUT2D eigenvalue weighted by Crippen LogP contribution is -2.39. The predicted molar refractivity (Wildman–Crippen MR) is 82.9 cm³/mol. The maximum atomic E-state index is 11.6. The zero-order valence-corrected chi connectivity index (χ0v) is 13.0. The normalized spacial score (nSPS) is 21.4. The highest BCUT2D eigenvalue weighted by molar-refractivity contribution is 7.09. The van der Waals surface area contributed by atoms with Crippen LogP contribution >= 0.6 is 11.3 Å². The Balaban J connectivity index is 1.89. The van der Waals surface area contributed by atoms with Crippen LogP contribution in [-0.4, -0.2) is 43.4 Å². The number of aliphatic imine (C=N–C) groups is 1. The van der Waals surface area contributed by atoms with Gasteiger partial charge in [-0.1, -0.05) is 13.0 Å². The Labute approximate surface area is 124 Å². The number of hydrogen-bond donors (Lipinski definition) is 2. The third kappa shape index (κ3) is 4.52. The van der Waals surface area contributed by atoms with Crippen LogP contribution in [0, 0.1) is 5.92 Å². The Hall–Kier alpha value is -1.56. The van der Waals surface area contributed by atoms with Crippen LogP contribution in [0.25, 0.3) is 0 Å². The second-order valence-corrected chi connectivity index (χ2v) is 6.38. The Morgan fingerprint density at radius 2 is 2.30 bits per heavy atom. The van der Waals surface area contributed by atoms with Crippen LogP contribution in [0.2, 0.25) is 0 Å². The summed E-state index contributed by atoms with van der Waals surface area (Å²) in [7, 11) is 3.49. The van der Waals surface area contributed by atoms with Crippen LogP contribution in [0.3, 0.4) is 0 Å². The highest BCUT2D eigenvalue weighted by atomic mass is 32.1. The smallest absolute Gasteiger partial charge is 0.243 e. The second kappa shape index (κ2) is 6.74. The first-order valence-electron chi connectivity index (χ1n) is 6.83. The number of nitrogens with one attached hydrogen (secondary N) is 2. The highest BCUT2D eigenvalue weighted by Crippen LogP contribution is 2.28. The van der Waals surface area contributed by atoms with Gasteiger partial charge in [0.15, 0.2) is 5.96 Å². The van der Waals surface area contributed by atoms with E-state index in [0.717, 1.165) is 12.5 Å². The van der Waals surface area contributed by atoms with Gasteiger partial charge in [-0.2, -0.15) is 0 Å². The molecule has 1 aliphatic rings. The summed E-state index contributed by atoms with van der Waals surface area (Å²) >= 11 is 1.71. The molecule has 0 bridgehead atoms. The number of guanidine groups is 1. The lowest BCUT2D eigenvalue weighted by atomic mass is 10.4. The van der Waals surface area contributed by atoms with E-state index >= 15 is 0 Å². The molecular formula is C14H22N4OS. The molecule has 20 heavy (non-hydrogen) atoms. The molecular weight excluding hydrogens is 272 g/mol. The monoisotopic (exact) mass is 294 g/mol. The number of carbonyl (C=O) groups is 1. The van der Waals surface area contributed by atoms with Crippen molar-refractivity contribution in [1.29, 1.82) is 0 Å². The van der Waals surface area contributed by atoms with Gasteiger partial charge in [-0.05, 0) is 23.8 Å². The number of amides is 1. The first kappa shape index (κ1) is 14.8. The van der Waals surface area contributed by atoms with Gasteiger partial charge in [-0.15, -0.1) is 11.3 Å². The Morgan fingerprint density at radius 3 is 2.85 bits per heavy atom. The number of hydrogen-bond acceptors (Lipinski definition) is 3. The van der Waals surface area contributed by atoms with Crippen molar-refractivity contribution in [3.05, 3.63) is 22.4 Å². The van der Waals surface area contributed by atoms with Crippen molar-refractivity contribution in [1.82, 2.24) is 15.5 Å². The third-order valence-corrected chi connectivity index (χ3v) is 4.19. The van der Waals surface area contributed by atoms with Crippen molar-refractivity contribution in [3.8, 4) is 0 Å². The third-order valence-electron chi connectivity index (χ3n) is 3.31. The van der Waals surface area contributed by atoms with Crippen LogP contribution in [0.15, 0.2) is 22.5 Å². The summed E-state index contributed by atoms with van der Waals surface area (Å²) in [4.78, 5) is 18.8. The van der Waals surface area contributed by atoms with E-state index in [-0.39, 0.29) is 12.5 Å². The lowest BCUT2D eigenvalue weighted by molar-refractivity contribution is -0.127. The van der Waals surface area contributed by atoms with Crippen molar-refractivity contribution in [2.45, 2.75) is 25.9 Å². The van der Waals surface area contributed by atoms with E-state index in [1.54, 1.807) is 30.3 Å². The number of carbonyl (C=O) groups excluding carboxylic acids is 1. The van der Waals surface area contributed by atoms with Crippen LogP contribution in [0.5, 0.6) is 0 Å². The molecule has 2 atom stereocenters. The molecule has 1 fully saturated rings. The summed E-state index contributed by atoms with van der Waals surface area (Å²) in [5, 5.41) is 8.71. The fourth-order valence-corrected chi connectivity index (χ4v) is 2.37. The highest BCUT2D eigenvalue weighted by Gasteiger charge is 2.33. The van der Waals surface area contributed by atoms with Gasteiger partial charge in [-0.25, -0.2) is 4.99 Å². The molecule has 0 saturated heterocycles. The lowest BCUT2D eigenvalue weighted by Gasteiger charge is -2.13. The summed E-state index contributed by atoms with van der Waals surface area (Å²) in [5.74, 6) is 1.42. The largest absolute Gasteiger partial charge is 0.353 e. The molecule has 0 radical (unpaired) electrons. The van der Waals surface area contributed by atoms with Gasteiger partial charge in [0.25, 0.3) is 0 Å². The number of rotatable bonds is 5. The Bertz CT molecular complexity index is 470. The number of nitrogens with zero attached hydrogens (tertiary/aromatic N) is 2.